The summed E-state index contributed by atoms with van der Waals surface area (Å²) in [6.07, 6.45) is 12.7. The van der Waals surface area contributed by atoms with E-state index in [1.165, 1.54) is 32.1 Å². The number of fused-ring (bicyclic) bond motifs is 1. The second-order valence-electron chi connectivity index (χ2n) is 9.93. The first kappa shape index (κ1) is 26.0. The van der Waals surface area contributed by atoms with Gasteiger partial charge in [0, 0.05) is 26.0 Å². The largest absolute Gasteiger partial charge is 0.352 e. The number of amides is 1. The summed E-state index contributed by atoms with van der Waals surface area (Å²) in [6.45, 7) is 2.56. The fourth-order valence-corrected chi connectivity index (χ4v) is 4.88. The molecule has 4 heterocycles. The fourth-order valence-electron chi connectivity index (χ4n) is 4.88. The van der Waals surface area contributed by atoms with Gasteiger partial charge in [0.1, 0.15) is 0 Å². The van der Waals surface area contributed by atoms with Crippen LogP contribution in [0.25, 0.3) is 11.0 Å². The number of carbonyl (C=O) groups excluding carboxylic acids is 1. The van der Waals surface area contributed by atoms with Gasteiger partial charge in [-0.15, -0.1) is 0 Å². The van der Waals surface area contributed by atoms with E-state index < -0.39 is 0 Å². The number of nitrogens with one attached hydrogen (secondary N) is 3. The van der Waals surface area contributed by atoms with Crippen molar-refractivity contribution in [2.75, 3.05) is 17.2 Å². The minimum atomic E-state index is -0.124. The SMILES string of the molecule is Cc1ncc(C(=O)NCCC2CCCCC2)cc1Nc1nn(C)c2nc(Nc3ccc(CC#N)nc3)ncc12. The molecule has 39 heavy (non-hydrogen) atoms. The molecule has 0 saturated heterocycles. The molecule has 3 N–H and O–H groups in total. The zero-order chi connectivity index (χ0) is 27.2. The molecular formula is C28H32N10O. The second kappa shape index (κ2) is 11.9. The molecule has 1 aliphatic rings. The van der Waals surface area contributed by atoms with Crippen LogP contribution in [0, 0.1) is 24.2 Å². The molecule has 1 fully saturated rings. The van der Waals surface area contributed by atoms with Crippen LogP contribution in [0.3, 0.4) is 0 Å². The Hall–Kier alpha value is -4.59. The number of nitrogens with zero attached hydrogens (tertiary/aromatic N) is 7. The molecule has 0 aliphatic heterocycles. The summed E-state index contributed by atoms with van der Waals surface area (Å²) in [6, 6.07) is 7.51. The minimum Gasteiger partial charge on any atom is -0.352 e. The maximum atomic E-state index is 12.8. The number of hydrogen-bond acceptors (Lipinski definition) is 9. The van der Waals surface area contributed by atoms with Crippen molar-refractivity contribution in [3.05, 3.63) is 53.7 Å². The van der Waals surface area contributed by atoms with Gasteiger partial charge in [0.05, 0.1) is 52.4 Å². The molecule has 4 aromatic rings. The lowest BCUT2D eigenvalue weighted by molar-refractivity contribution is 0.0950. The number of carbonyl (C=O) groups is 1. The molecule has 0 spiro atoms. The zero-order valence-electron chi connectivity index (χ0n) is 22.2. The van der Waals surface area contributed by atoms with Crippen LogP contribution < -0.4 is 16.0 Å². The van der Waals surface area contributed by atoms with Crippen molar-refractivity contribution >= 4 is 40.1 Å². The third kappa shape index (κ3) is 6.29. The van der Waals surface area contributed by atoms with Crippen LogP contribution in [0.1, 0.15) is 60.3 Å². The first-order valence-electron chi connectivity index (χ1n) is 13.3. The Morgan fingerprint density at radius 3 is 2.72 bits per heavy atom. The molecule has 11 heteroatoms. The van der Waals surface area contributed by atoms with E-state index in [9.17, 15) is 4.79 Å². The van der Waals surface area contributed by atoms with Crippen molar-refractivity contribution in [3.63, 3.8) is 0 Å². The van der Waals surface area contributed by atoms with E-state index in [1.54, 1.807) is 35.4 Å². The van der Waals surface area contributed by atoms with Crippen LogP contribution in [-0.4, -0.2) is 42.2 Å². The van der Waals surface area contributed by atoms with Crippen LogP contribution in [0.15, 0.2) is 36.8 Å². The normalized spacial score (nSPS) is 13.7. The molecule has 5 rings (SSSR count). The molecule has 1 aliphatic carbocycles. The molecule has 0 unspecified atom stereocenters. The van der Waals surface area contributed by atoms with Crippen molar-refractivity contribution in [1.29, 1.82) is 5.26 Å². The molecule has 0 radical (unpaired) electrons. The molecular weight excluding hydrogens is 492 g/mol. The van der Waals surface area contributed by atoms with Gasteiger partial charge in [-0.3, -0.25) is 14.8 Å². The predicted octanol–water partition coefficient (Wildman–Crippen LogP) is 4.72. The summed E-state index contributed by atoms with van der Waals surface area (Å²) < 4.78 is 1.67. The molecule has 1 amide bonds. The predicted molar refractivity (Wildman–Crippen MR) is 149 cm³/mol. The molecule has 11 nitrogen and oxygen atoms in total. The number of hydrogen-bond donors (Lipinski definition) is 3. The Morgan fingerprint density at radius 1 is 1.10 bits per heavy atom. The maximum absolute atomic E-state index is 12.8. The van der Waals surface area contributed by atoms with Crippen LogP contribution in [0.5, 0.6) is 0 Å². The molecule has 0 aromatic carbocycles. The van der Waals surface area contributed by atoms with Crippen molar-refractivity contribution in [2.24, 2.45) is 13.0 Å². The first-order chi connectivity index (χ1) is 19.0. The fraction of sp³-hybridized carbons (Fsp3) is 0.393. The quantitative estimate of drug-likeness (QED) is 0.283. The smallest absolute Gasteiger partial charge is 0.252 e. The van der Waals surface area contributed by atoms with Gasteiger partial charge in [-0.2, -0.15) is 15.3 Å². The first-order valence-corrected chi connectivity index (χ1v) is 13.3. The lowest BCUT2D eigenvalue weighted by atomic mass is 9.87. The van der Waals surface area contributed by atoms with Gasteiger partial charge in [0.25, 0.3) is 5.91 Å². The van der Waals surface area contributed by atoms with E-state index in [2.05, 4.69) is 47.1 Å². The van der Waals surface area contributed by atoms with Gasteiger partial charge in [0.15, 0.2) is 11.5 Å². The van der Waals surface area contributed by atoms with Gasteiger partial charge >= 0.3 is 0 Å². The van der Waals surface area contributed by atoms with Crippen molar-refractivity contribution < 1.29 is 4.79 Å². The monoisotopic (exact) mass is 524 g/mol. The van der Waals surface area contributed by atoms with E-state index in [1.807, 2.05) is 20.0 Å². The molecule has 200 valence electrons. The van der Waals surface area contributed by atoms with Crippen LogP contribution in [0.4, 0.5) is 23.1 Å². The average molecular weight is 525 g/mol. The molecule has 0 atom stereocenters. The Labute approximate surface area is 227 Å². The molecule has 4 aromatic heterocycles. The zero-order valence-corrected chi connectivity index (χ0v) is 22.2. The van der Waals surface area contributed by atoms with Crippen LogP contribution in [-0.2, 0) is 13.5 Å². The van der Waals surface area contributed by atoms with E-state index in [0.717, 1.165) is 23.4 Å². The van der Waals surface area contributed by atoms with Gasteiger partial charge < -0.3 is 16.0 Å². The van der Waals surface area contributed by atoms with E-state index in [-0.39, 0.29) is 12.3 Å². The summed E-state index contributed by atoms with van der Waals surface area (Å²) in [4.78, 5) is 30.6. The van der Waals surface area contributed by atoms with E-state index in [4.69, 9.17) is 5.26 Å². The maximum Gasteiger partial charge on any atom is 0.252 e. The number of nitriles is 1. The minimum absolute atomic E-state index is 0.124. The van der Waals surface area contributed by atoms with Crippen molar-refractivity contribution in [3.8, 4) is 6.07 Å². The Morgan fingerprint density at radius 2 is 1.95 bits per heavy atom. The Bertz CT molecular complexity index is 1500. The summed E-state index contributed by atoms with van der Waals surface area (Å²) in [5, 5.41) is 23.6. The van der Waals surface area contributed by atoms with Gasteiger partial charge in [-0.1, -0.05) is 32.1 Å². The van der Waals surface area contributed by atoms with Gasteiger partial charge in [-0.25, -0.2) is 9.67 Å². The van der Waals surface area contributed by atoms with Crippen molar-refractivity contribution in [1.82, 2.24) is 35.0 Å². The van der Waals surface area contributed by atoms with Crippen LogP contribution in [0.2, 0.25) is 0 Å². The highest BCUT2D eigenvalue weighted by atomic mass is 16.1. The molecule has 1 saturated carbocycles. The highest BCUT2D eigenvalue weighted by Crippen LogP contribution is 2.28. The summed E-state index contributed by atoms with van der Waals surface area (Å²) in [7, 11) is 1.81. The topological polar surface area (TPSA) is 146 Å². The van der Waals surface area contributed by atoms with Crippen molar-refractivity contribution in [2.45, 2.75) is 51.9 Å². The third-order valence-corrected chi connectivity index (χ3v) is 7.09. The number of anilines is 4. The van der Waals surface area contributed by atoms with Gasteiger partial charge in [0.2, 0.25) is 5.95 Å². The number of aryl methyl sites for hydroxylation is 2. The van der Waals surface area contributed by atoms with Gasteiger partial charge in [-0.05, 0) is 37.5 Å². The number of pyridine rings is 2. The average Bonchev–Trinajstić information content (AvgIpc) is 3.26. The number of aromatic nitrogens is 6. The number of rotatable bonds is 9. The highest BCUT2D eigenvalue weighted by Gasteiger charge is 2.17. The standard InChI is InChI=1S/C28H32N10O/c1-18-24(14-20(15-31-18)27(39)30-13-11-19-6-4-3-5-7-19)35-25-23-17-33-28(36-26(23)38(2)37-25)34-22-9-8-21(10-12-29)32-16-22/h8-9,14-17,19H,3-7,10-11,13H2,1-2H3,(H,30,39)(H,35,37)(H,33,34,36). The Balaban J connectivity index is 1.27. The lowest BCUT2D eigenvalue weighted by Crippen LogP contribution is -2.26. The highest BCUT2D eigenvalue weighted by molar-refractivity contribution is 5.96. The lowest BCUT2D eigenvalue weighted by Gasteiger charge is -2.21. The summed E-state index contributed by atoms with van der Waals surface area (Å²) in [5.41, 5.74) is 4.00. The summed E-state index contributed by atoms with van der Waals surface area (Å²) in [5.74, 6) is 1.56. The third-order valence-electron chi connectivity index (χ3n) is 7.09. The molecule has 0 bridgehead atoms. The van der Waals surface area contributed by atoms with E-state index >= 15 is 0 Å². The second-order valence-corrected chi connectivity index (χ2v) is 9.93. The Kier molecular flexibility index (Phi) is 7.91. The van der Waals surface area contributed by atoms with E-state index in [0.29, 0.717) is 46.6 Å². The van der Waals surface area contributed by atoms with Crippen LogP contribution >= 0.6 is 0 Å². The summed E-state index contributed by atoms with van der Waals surface area (Å²) >= 11 is 0.